The predicted molar refractivity (Wildman–Crippen MR) is 152 cm³/mol. The summed E-state index contributed by atoms with van der Waals surface area (Å²) in [6.45, 7) is 4.67. The van der Waals surface area contributed by atoms with Crippen molar-refractivity contribution in [3.05, 3.63) is 101 Å². The maximum Gasteiger partial charge on any atom is 0.339 e. The van der Waals surface area contributed by atoms with Gasteiger partial charge in [-0.2, -0.15) is 0 Å². The fraction of sp³-hybridized carbons (Fsp3) is 0.242. The van der Waals surface area contributed by atoms with Crippen molar-refractivity contribution in [2.75, 3.05) is 13.2 Å². The number of ether oxygens (including phenoxy) is 3. The van der Waals surface area contributed by atoms with E-state index in [2.05, 4.69) is 0 Å². The van der Waals surface area contributed by atoms with Gasteiger partial charge in [0.1, 0.15) is 45.9 Å². The second-order valence-electron chi connectivity index (χ2n) is 9.42. The second-order valence-corrected chi connectivity index (χ2v) is 9.42. The van der Waals surface area contributed by atoms with E-state index in [-0.39, 0.29) is 22.9 Å². The molecule has 4 aromatic carbocycles. The molecule has 0 radical (unpaired) electrons. The van der Waals surface area contributed by atoms with Gasteiger partial charge in [-0.3, -0.25) is 0 Å². The van der Waals surface area contributed by atoms with Gasteiger partial charge in [-0.05, 0) is 66.4 Å². The van der Waals surface area contributed by atoms with Gasteiger partial charge >= 0.3 is 5.97 Å². The first-order valence-corrected chi connectivity index (χ1v) is 13.5. The number of hydrogen-bond donors (Lipinski definition) is 2. The number of aryl methyl sites for hydroxylation is 1. The van der Waals surface area contributed by atoms with Crippen LogP contribution in [0.4, 0.5) is 8.78 Å². The Hall–Kier alpha value is -4.59. The molecule has 0 amide bonds. The maximum absolute atomic E-state index is 13.8. The maximum atomic E-state index is 13.8. The summed E-state index contributed by atoms with van der Waals surface area (Å²) in [6, 6.07) is 17.9. The molecule has 0 fully saturated rings. The molecule has 6 nitrogen and oxygen atoms in total. The highest BCUT2D eigenvalue weighted by atomic mass is 19.1. The molecule has 0 bridgehead atoms. The number of phenolic OH excluding ortho intramolecular Hbond substituents is 1. The van der Waals surface area contributed by atoms with E-state index in [0.29, 0.717) is 60.9 Å². The molecule has 0 spiro atoms. The molecule has 0 unspecified atom stereocenters. The zero-order valence-electron chi connectivity index (χ0n) is 23.0. The predicted octanol–water partition coefficient (Wildman–Crippen LogP) is 8.19. The number of aromatic carboxylic acids is 1. The lowest BCUT2D eigenvalue weighted by Gasteiger charge is -2.17. The van der Waals surface area contributed by atoms with Crippen LogP contribution in [0.5, 0.6) is 28.7 Å². The highest BCUT2D eigenvalue weighted by Gasteiger charge is 2.17. The molecule has 0 saturated heterocycles. The van der Waals surface area contributed by atoms with Crippen molar-refractivity contribution in [1.82, 2.24) is 0 Å². The SMILES string of the molecule is CCCc1c(OCCCOc2cc(O)c(-c3ccc(F)cc3)cc2CC)cccc1Oc1cc(F)ccc1C(=O)O. The third-order valence-electron chi connectivity index (χ3n) is 6.50. The molecule has 2 N–H and O–H groups in total. The monoisotopic (exact) mass is 562 g/mol. The van der Waals surface area contributed by atoms with E-state index in [4.69, 9.17) is 14.2 Å². The average molecular weight is 563 g/mol. The van der Waals surface area contributed by atoms with Crippen molar-refractivity contribution in [3.8, 4) is 39.9 Å². The van der Waals surface area contributed by atoms with Gasteiger partial charge in [-0.15, -0.1) is 0 Å². The van der Waals surface area contributed by atoms with Crippen LogP contribution in [0.1, 0.15) is 48.2 Å². The van der Waals surface area contributed by atoms with Gasteiger partial charge in [0.05, 0.1) is 13.2 Å². The highest BCUT2D eigenvalue weighted by Crippen LogP contribution is 2.37. The lowest BCUT2D eigenvalue weighted by Crippen LogP contribution is -2.08. The topological polar surface area (TPSA) is 85.2 Å². The van der Waals surface area contributed by atoms with Crippen molar-refractivity contribution in [3.63, 3.8) is 0 Å². The largest absolute Gasteiger partial charge is 0.507 e. The molecule has 0 aromatic heterocycles. The fourth-order valence-corrected chi connectivity index (χ4v) is 4.46. The number of rotatable bonds is 13. The Bertz CT molecular complexity index is 1500. The second kappa shape index (κ2) is 13.7. The summed E-state index contributed by atoms with van der Waals surface area (Å²) < 4.78 is 45.1. The minimum Gasteiger partial charge on any atom is -0.507 e. The molecule has 4 rings (SSSR count). The van der Waals surface area contributed by atoms with Gasteiger partial charge < -0.3 is 24.4 Å². The zero-order chi connectivity index (χ0) is 29.4. The van der Waals surface area contributed by atoms with Crippen LogP contribution >= 0.6 is 0 Å². The Morgan fingerprint density at radius 2 is 1.49 bits per heavy atom. The van der Waals surface area contributed by atoms with Crippen molar-refractivity contribution in [1.29, 1.82) is 0 Å². The zero-order valence-corrected chi connectivity index (χ0v) is 23.0. The molecule has 0 aliphatic heterocycles. The lowest BCUT2D eigenvalue weighted by atomic mass is 10.00. The van der Waals surface area contributed by atoms with E-state index in [1.807, 2.05) is 26.0 Å². The summed E-state index contributed by atoms with van der Waals surface area (Å²) in [4.78, 5) is 11.6. The number of aromatic hydroxyl groups is 1. The summed E-state index contributed by atoms with van der Waals surface area (Å²) in [5.41, 5.74) is 2.85. The van der Waals surface area contributed by atoms with Gasteiger partial charge in [0.2, 0.25) is 0 Å². The first kappa shape index (κ1) is 29.4. The van der Waals surface area contributed by atoms with E-state index in [1.54, 1.807) is 30.3 Å². The van der Waals surface area contributed by atoms with Crippen molar-refractivity contribution in [2.24, 2.45) is 0 Å². The van der Waals surface area contributed by atoms with Crippen LogP contribution in [0.15, 0.2) is 72.8 Å². The molecule has 0 atom stereocenters. The number of phenols is 1. The molecule has 0 heterocycles. The van der Waals surface area contributed by atoms with Crippen molar-refractivity contribution >= 4 is 5.97 Å². The quantitative estimate of drug-likeness (QED) is 0.160. The third-order valence-corrected chi connectivity index (χ3v) is 6.50. The van der Waals surface area contributed by atoms with Gasteiger partial charge in [-0.25, -0.2) is 13.6 Å². The number of carboxylic acids is 1. The first-order valence-electron chi connectivity index (χ1n) is 13.5. The number of carbonyl (C=O) groups is 1. The average Bonchev–Trinajstić information content (AvgIpc) is 2.95. The van der Waals surface area contributed by atoms with Gasteiger partial charge in [0.25, 0.3) is 0 Å². The van der Waals surface area contributed by atoms with Gasteiger partial charge in [0, 0.05) is 29.7 Å². The molecule has 8 heteroatoms. The van der Waals surface area contributed by atoms with Crippen LogP contribution in [0.3, 0.4) is 0 Å². The molecular weight excluding hydrogens is 530 g/mol. The number of carboxylic acid groups (broad SMARTS) is 1. The fourth-order valence-electron chi connectivity index (χ4n) is 4.46. The third kappa shape index (κ3) is 7.33. The number of benzene rings is 4. The molecule has 0 aliphatic carbocycles. The molecule has 4 aromatic rings. The standard InChI is InChI=1S/C33H32F2O6/c1-3-7-25-29(8-5-9-30(25)41-32-19-24(35)14-15-26(32)33(37)38)39-16-6-17-40-31-20-28(36)27(18-21(31)4-2)22-10-12-23(34)13-11-22/h5,8-15,18-20,36H,3-4,6-7,16-17H2,1-2H3,(H,37,38). The van der Waals surface area contributed by atoms with E-state index < -0.39 is 11.8 Å². The number of hydrogen-bond acceptors (Lipinski definition) is 5. The Kier molecular flexibility index (Phi) is 9.79. The molecule has 0 saturated carbocycles. The van der Waals surface area contributed by atoms with Crippen molar-refractivity contribution in [2.45, 2.75) is 39.5 Å². The summed E-state index contributed by atoms with van der Waals surface area (Å²) in [5, 5.41) is 20.1. The van der Waals surface area contributed by atoms with E-state index in [1.165, 1.54) is 18.2 Å². The molecule has 214 valence electrons. The molecular formula is C33H32F2O6. The van der Waals surface area contributed by atoms with Crippen LogP contribution < -0.4 is 14.2 Å². The highest BCUT2D eigenvalue weighted by molar-refractivity contribution is 5.91. The minimum absolute atomic E-state index is 0.0467. The van der Waals surface area contributed by atoms with E-state index >= 15 is 0 Å². The van der Waals surface area contributed by atoms with Gasteiger partial charge in [0.15, 0.2) is 0 Å². The summed E-state index contributed by atoms with van der Waals surface area (Å²) in [5.74, 6) is -0.626. The molecule has 41 heavy (non-hydrogen) atoms. The summed E-state index contributed by atoms with van der Waals surface area (Å²) >= 11 is 0. The Morgan fingerprint density at radius 1 is 0.805 bits per heavy atom. The summed E-state index contributed by atoms with van der Waals surface area (Å²) in [6.07, 6.45) is 2.63. The van der Waals surface area contributed by atoms with Crippen LogP contribution in [0.25, 0.3) is 11.1 Å². The normalized spacial score (nSPS) is 10.8. The summed E-state index contributed by atoms with van der Waals surface area (Å²) in [7, 11) is 0. The first-order chi connectivity index (χ1) is 19.8. The van der Waals surface area contributed by atoms with E-state index in [0.717, 1.165) is 29.7 Å². The Labute approximate surface area is 237 Å². The smallest absolute Gasteiger partial charge is 0.339 e. The Balaban J connectivity index is 1.41. The minimum atomic E-state index is -1.21. The van der Waals surface area contributed by atoms with Crippen molar-refractivity contribution < 1.29 is 38.0 Å². The van der Waals surface area contributed by atoms with Crippen LogP contribution in [-0.2, 0) is 12.8 Å². The van der Waals surface area contributed by atoms with Crippen LogP contribution in [0, 0.1) is 11.6 Å². The lowest BCUT2D eigenvalue weighted by molar-refractivity contribution is 0.0694. The van der Waals surface area contributed by atoms with Crippen LogP contribution in [0.2, 0.25) is 0 Å². The number of halogens is 2. The van der Waals surface area contributed by atoms with Crippen LogP contribution in [-0.4, -0.2) is 29.4 Å². The molecule has 0 aliphatic rings. The van der Waals surface area contributed by atoms with Gasteiger partial charge in [-0.1, -0.05) is 38.5 Å². The Morgan fingerprint density at radius 3 is 2.17 bits per heavy atom. The van der Waals surface area contributed by atoms with E-state index in [9.17, 15) is 23.8 Å².